The highest BCUT2D eigenvalue weighted by molar-refractivity contribution is 5.85. The minimum atomic E-state index is -1.30. The van der Waals surface area contributed by atoms with Gasteiger partial charge in [-0.25, -0.2) is 4.39 Å². The zero-order valence-electron chi connectivity index (χ0n) is 7.85. The number of alkyl halides is 1. The van der Waals surface area contributed by atoms with E-state index in [1.165, 1.54) is 0 Å². The molecule has 2 N–H and O–H groups in total. The molecule has 2 rings (SSSR count). The third kappa shape index (κ3) is 1.33. The molecule has 0 spiro atoms. The van der Waals surface area contributed by atoms with E-state index in [1.807, 2.05) is 6.92 Å². The molecule has 1 heterocycles. The van der Waals surface area contributed by atoms with E-state index in [-0.39, 0.29) is 31.0 Å². The minimum Gasteiger partial charge on any atom is -0.336 e. The highest BCUT2D eigenvalue weighted by Crippen LogP contribution is 2.47. The lowest BCUT2D eigenvalue weighted by Gasteiger charge is -2.44. The van der Waals surface area contributed by atoms with Gasteiger partial charge in [0.05, 0.1) is 13.1 Å². The molecule has 0 radical (unpaired) electrons. The van der Waals surface area contributed by atoms with E-state index in [4.69, 9.17) is 5.73 Å². The van der Waals surface area contributed by atoms with Crippen molar-refractivity contribution in [2.75, 3.05) is 19.6 Å². The summed E-state index contributed by atoms with van der Waals surface area (Å²) in [5.74, 6) is 0.106. The highest BCUT2D eigenvalue weighted by atomic mass is 19.1. The fraction of sp³-hybridized carbons (Fsp3) is 0.889. The molecule has 0 unspecified atom stereocenters. The van der Waals surface area contributed by atoms with Crippen LogP contribution >= 0.6 is 0 Å². The molecule has 1 aliphatic heterocycles. The lowest BCUT2D eigenvalue weighted by Crippen LogP contribution is -2.65. The summed E-state index contributed by atoms with van der Waals surface area (Å²) in [6.07, 6.45) is 1.90. The van der Waals surface area contributed by atoms with Crippen LogP contribution in [-0.2, 0) is 4.79 Å². The first kappa shape index (κ1) is 8.94. The van der Waals surface area contributed by atoms with E-state index in [0.717, 1.165) is 12.8 Å². The molecule has 2 aliphatic rings. The van der Waals surface area contributed by atoms with Crippen LogP contribution in [0.2, 0.25) is 0 Å². The van der Waals surface area contributed by atoms with Gasteiger partial charge >= 0.3 is 0 Å². The summed E-state index contributed by atoms with van der Waals surface area (Å²) in [5.41, 5.74) is 3.77. The second-order valence-electron chi connectivity index (χ2n) is 4.58. The van der Waals surface area contributed by atoms with Crippen molar-refractivity contribution in [3.63, 3.8) is 0 Å². The molecule has 3 nitrogen and oxygen atoms in total. The average Bonchev–Trinajstić information content (AvgIpc) is 2.78. The van der Waals surface area contributed by atoms with Crippen molar-refractivity contribution in [3.05, 3.63) is 0 Å². The Bertz CT molecular complexity index is 244. The van der Waals surface area contributed by atoms with E-state index in [9.17, 15) is 9.18 Å². The Morgan fingerprint density at radius 3 is 2.46 bits per heavy atom. The Morgan fingerprint density at radius 1 is 1.54 bits per heavy atom. The normalized spacial score (nSPS) is 28.1. The molecule has 1 saturated heterocycles. The molecule has 1 saturated carbocycles. The topological polar surface area (TPSA) is 46.3 Å². The first-order chi connectivity index (χ1) is 5.99. The molecule has 0 aromatic carbocycles. The summed E-state index contributed by atoms with van der Waals surface area (Å²) < 4.78 is 13.3. The predicted molar refractivity (Wildman–Crippen MR) is 46.8 cm³/mol. The standard InChI is InChI=1S/C9H15FN2O/c1-8(2-3-8)7(13)12-5-9(10,4-11)6-12/h2-6,11H2,1H3. The maximum absolute atomic E-state index is 13.3. The van der Waals surface area contributed by atoms with Crippen molar-refractivity contribution in [1.82, 2.24) is 4.90 Å². The van der Waals surface area contributed by atoms with Gasteiger partial charge in [-0.1, -0.05) is 6.92 Å². The Kier molecular flexibility index (Phi) is 1.68. The maximum Gasteiger partial charge on any atom is 0.228 e. The number of hydrogen-bond acceptors (Lipinski definition) is 2. The van der Waals surface area contributed by atoms with Crippen LogP contribution in [-0.4, -0.2) is 36.1 Å². The molecule has 0 aromatic rings. The van der Waals surface area contributed by atoms with Gasteiger partial charge in [0.2, 0.25) is 5.91 Å². The van der Waals surface area contributed by atoms with Crippen molar-refractivity contribution in [2.45, 2.75) is 25.4 Å². The third-order valence-corrected chi connectivity index (χ3v) is 3.12. The summed E-state index contributed by atoms with van der Waals surface area (Å²) in [6, 6.07) is 0. The molecule has 2 fully saturated rings. The number of carbonyl (C=O) groups excluding carboxylic acids is 1. The Hall–Kier alpha value is -0.640. The van der Waals surface area contributed by atoms with E-state index >= 15 is 0 Å². The van der Waals surface area contributed by atoms with Crippen LogP contribution in [0, 0.1) is 5.41 Å². The van der Waals surface area contributed by atoms with E-state index in [1.54, 1.807) is 4.90 Å². The van der Waals surface area contributed by atoms with E-state index < -0.39 is 5.67 Å². The van der Waals surface area contributed by atoms with Crippen LogP contribution in [0.5, 0.6) is 0 Å². The fourth-order valence-corrected chi connectivity index (χ4v) is 1.69. The SMILES string of the molecule is CC1(C(=O)N2CC(F)(CN)C2)CC1. The second-order valence-corrected chi connectivity index (χ2v) is 4.58. The number of hydrogen-bond donors (Lipinski definition) is 1. The molecular formula is C9H15FN2O. The number of carbonyl (C=O) groups is 1. The monoisotopic (exact) mass is 186 g/mol. The van der Waals surface area contributed by atoms with Gasteiger partial charge in [0.15, 0.2) is 5.67 Å². The lowest BCUT2D eigenvalue weighted by atomic mass is 9.94. The molecule has 4 heteroatoms. The lowest BCUT2D eigenvalue weighted by molar-refractivity contribution is -0.150. The molecule has 13 heavy (non-hydrogen) atoms. The van der Waals surface area contributed by atoms with Crippen LogP contribution in [0.4, 0.5) is 4.39 Å². The zero-order valence-corrected chi connectivity index (χ0v) is 7.85. The van der Waals surface area contributed by atoms with Crippen molar-refractivity contribution in [2.24, 2.45) is 11.1 Å². The summed E-state index contributed by atoms with van der Waals surface area (Å²) in [6.45, 7) is 2.35. The van der Waals surface area contributed by atoms with Gasteiger partial charge in [0.25, 0.3) is 0 Å². The van der Waals surface area contributed by atoms with Gasteiger partial charge in [-0.3, -0.25) is 4.79 Å². The highest BCUT2D eigenvalue weighted by Gasteiger charge is 2.53. The molecule has 0 bridgehead atoms. The Morgan fingerprint density at radius 2 is 2.08 bits per heavy atom. The number of nitrogens with two attached hydrogens (primary N) is 1. The molecule has 1 amide bonds. The first-order valence-corrected chi connectivity index (χ1v) is 4.68. The molecule has 0 atom stereocenters. The number of likely N-dealkylation sites (tertiary alicyclic amines) is 1. The Labute approximate surface area is 77.1 Å². The number of amides is 1. The van der Waals surface area contributed by atoms with Crippen molar-refractivity contribution >= 4 is 5.91 Å². The van der Waals surface area contributed by atoms with Gasteiger partial charge in [-0.05, 0) is 12.8 Å². The van der Waals surface area contributed by atoms with E-state index in [2.05, 4.69) is 0 Å². The Balaban J connectivity index is 1.90. The predicted octanol–water partition coefficient (Wildman–Crippen LogP) is 0.296. The van der Waals surface area contributed by atoms with Crippen molar-refractivity contribution in [1.29, 1.82) is 0 Å². The quantitative estimate of drug-likeness (QED) is 0.674. The molecule has 1 aliphatic carbocycles. The van der Waals surface area contributed by atoms with Crippen LogP contribution < -0.4 is 5.73 Å². The largest absolute Gasteiger partial charge is 0.336 e. The van der Waals surface area contributed by atoms with Crippen molar-refractivity contribution < 1.29 is 9.18 Å². The molecule has 74 valence electrons. The molecular weight excluding hydrogens is 171 g/mol. The average molecular weight is 186 g/mol. The zero-order chi connectivity index (χ0) is 9.69. The number of halogens is 1. The van der Waals surface area contributed by atoms with Crippen LogP contribution in [0.1, 0.15) is 19.8 Å². The maximum atomic E-state index is 13.3. The van der Waals surface area contributed by atoms with Gasteiger partial charge in [0.1, 0.15) is 0 Å². The van der Waals surface area contributed by atoms with Gasteiger partial charge < -0.3 is 10.6 Å². The van der Waals surface area contributed by atoms with Crippen LogP contribution in [0.15, 0.2) is 0 Å². The van der Waals surface area contributed by atoms with Crippen molar-refractivity contribution in [3.8, 4) is 0 Å². The summed E-state index contributed by atoms with van der Waals surface area (Å²) in [5, 5.41) is 0. The van der Waals surface area contributed by atoms with Crippen LogP contribution in [0.25, 0.3) is 0 Å². The van der Waals surface area contributed by atoms with Gasteiger partial charge in [0, 0.05) is 12.0 Å². The number of nitrogens with zero attached hydrogens (tertiary/aromatic N) is 1. The summed E-state index contributed by atoms with van der Waals surface area (Å²) >= 11 is 0. The van der Waals surface area contributed by atoms with Crippen LogP contribution in [0.3, 0.4) is 0 Å². The van der Waals surface area contributed by atoms with Gasteiger partial charge in [-0.2, -0.15) is 0 Å². The summed E-state index contributed by atoms with van der Waals surface area (Å²) in [4.78, 5) is 13.2. The molecule has 0 aromatic heterocycles. The summed E-state index contributed by atoms with van der Waals surface area (Å²) in [7, 11) is 0. The van der Waals surface area contributed by atoms with E-state index in [0.29, 0.717) is 0 Å². The first-order valence-electron chi connectivity index (χ1n) is 4.68. The second kappa shape index (κ2) is 2.44. The fourth-order valence-electron chi connectivity index (χ4n) is 1.69. The minimum absolute atomic E-state index is 0.0213. The van der Waals surface area contributed by atoms with Gasteiger partial charge in [-0.15, -0.1) is 0 Å². The third-order valence-electron chi connectivity index (χ3n) is 3.12. The number of rotatable bonds is 2. The smallest absolute Gasteiger partial charge is 0.228 e.